The Morgan fingerprint density at radius 2 is 1.91 bits per heavy atom. The lowest BCUT2D eigenvalue weighted by atomic mass is 10.0. The minimum absolute atomic E-state index is 0.0348. The summed E-state index contributed by atoms with van der Waals surface area (Å²) in [5.74, 6) is 0.428. The van der Waals surface area contributed by atoms with Crippen molar-refractivity contribution in [3.8, 4) is 0 Å². The van der Waals surface area contributed by atoms with Gasteiger partial charge in [-0.1, -0.05) is 44.2 Å². The van der Waals surface area contributed by atoms with Crippen LogP contribution in [0.2, 0.25) is 0 Å². The van der Waals surface area contributed by atoms with E-state index >= 15 is 0 Å². The molecule has 0 aliphatic heterocycles. The summed E-state index contributed by atoms with van der Waals surface area (Å²) in [6, 6.07) is 11.4. The van der Waals surface area contributed by atoms with Crippen molar-refractivity contribution in [2.45, 2.75) is 25.9 Å². The molecule has 124 valence electrons. The molecule has 0 radical (unpaired) electrons. The summed E-state index contributed by atoms with van der Waals surface area (Å²) in [4.78, 5) is 15.0. The molecule has 5 heteroatoms. The minimum Gasteiger partial charge on any atom is -0.352 e. The highest BCUT2D eigenvalue weighted by Gasteiger charge is 2.24. The van der Waals surface area contributed by atoms with Gasteiger partial charge in [-0.2, -0.15) is 5.10 Å². The molecule has 1 amide bonds. The number of hydrogen-bond acceptors (Lipinski definition) is 3. The Balaban J connectivity index is 2.15. The third-order valence-electron chi connectivity index (χ3n) is 4.07. The molecule has 0 bridgehead atoms. The SMILES string of the molecule is CC(C)[C@H](CNC(=O)[C@@H](c1ccccc1)n1cccn1)N(C)C. The van der Waals surface area contributed by atoms with E-state index in [1.807, 2.05) is 56.7 Å². The molecular weight excluding hydrogens is 288 g/mol. The third kappa shape index (κ3) is 4.42. The van der Waals surface area contributed by atoms with Crippen LogP contribution in [-0.4, -0.2) is 47.3 Å². The average Bonchev–Trinajstić information content (AvgIpc) is 3.02. The van der Waals surface area contributed by atoms with Gasteiger partial charge in [0.15, 0.2) is 6.04 Å². The molecule has 0 saturated carbocycles. The van der Waals surface area contributed by atoms with Crippen LogP contribution in [0, 0.1) is 5.92 Å². The smallest absolute Gasteiger partial charge is 0.249 e. The number of amides is 1. The van der Waals surface area contributed by atoms with E-state index in [4.69, 9.17) is 0 Å². The Morgan fingerprint density at radius 1 is 1.22 bits per heavy atom. The molecule has 2 aromatic rings. The monoisotopic (exact) mass is 314 g/mol. The van der Waals surface area contributed by atoms with Crippen LogP contribution in [0.15, 0.2) is 48.8 Å². The zero-order chi connectivity index (χ0) is 16.8. The normalized spacial score (nSPS) is 14.0. The van der Waals surface area contributed by atoms with Gasteiger partial charge in [-0.15, -0.1) is 0 Å². The van der Waals surface area contributed by atoms with E-state index in [1.54, 1.807) is 10.9 Å². The standard InChI is InChI=1S/C18H26N4O/c1-14(2)16(21(3)4)13-19-18(23)17(22-12-8-11-20-22)15-9-6-5-7-10-15/h5-12,14,16-17H,13H2,1-4H3,(H,19,23)/t16-,17+/m0/s1. The first kappa shape index (κ1) is 17.2. The van der Waals surface area contributed by atoms with E-state index < -0.39 is 6.04 Å². The van der Waals surface area contributed by atoms with Crippen molar-refractivity contribution in [3.05, 3.63) is 54.4 Å². The first-order valence-corrected chi connectivity index (χ1v) is 7.99. The van der Waals surface area contributed by atoms with Crippen LogP contribution in [0.3, 0.4) is 0 Å². The van der Waals surface area contributed by atoms with Gasteiger partial charge in [0.25, 0.3) is 0 Å². The fourth-order valence-corrected chi connectivity index (χ4v) is 2.81. The van der Waals surface area contributed by atoms with Gasteiger partial charge >= 0.3 is 0 Å². The molecule has 1 heterocycles. The summed E-state index contributed by atoms with van der Waals surface area (Å²) >= 11 is 0. The zero-order valence-electron chi connectivity index (χ0n) is 14.3. The van der Waals surface area contributed by atoms with Crippen LogP contribution in [-0.2, 0) is 4.79 Å². The Morgan fingerprint density at radius 3 is 2.43 bits per heavy atom. The molecule has 1 aromatic carbocycles. The molecule has 0 saturated heterocycles. The molecule has 1 aromatic heterocycles. The Hall–Kier alpha value is -2.14. The highest BCUT2D eigenvalue weighted by molar-refractivity contribution is 5.83. The van der Waals surface area contributed by atoms with E-state index in [2.05, 4.69) is 29.2 Å². The Labute approximate surface area is 138 Å². The predicted molar refractivity (Wildman–Crippen MR) is 92.1 cm³/mol. The maximum atomic E-state index is 12.8. The van der Waals surface area contributed by atoms with Crippen molar-refractivity contribution < 1.29 is 4.79 Å². The summed E-state index contributed by atoms with van der Waals surface area (Å²) in [7, 11) is 4.08. The average molecular weight is 314 g/mol. The molecule has 2 atom stereocenters. The number of rotatable bonds is 7. The van der Waals surface area contributed by atoms with Gasteiger partial charge in [0.05, 0.1) is 0 Å². The van der Waals surface area contributed by atoms with Crippen molar-refractivity contribution in [2.75, 3.05) is 20.6 Å². The second kappa shape index (κ2) is 7.92. The number of hydrogen-bond donors (Lipinski definition) is 1. The largest absolute Gasteiger partial charge is 0.352 e. The first-order valence-electron chi connectivity index (χ1n) is 7.99. The Bertz CT molecular complexity index is 585. The number of carbonyl (C=O) groups excluding carboxylic acids is 1. The molecular formula is C18H26N4O. The Kier molecular flexibility index (Phi) is 5.93. The van der Waals surface area contributed by atoms with Crippen LogP contribution in [0.5, 0.6) is 0 Å². The lowest BCUT2D eigenvalue weighted by Crippen LogP contribution is -2.45. The van der Waals surface area contributed by atoms with Crippen LogP contribution in [0.4, 0.5) is 0 Å². The van der Waals surface area contributed by atoms with E-state index in [9.17, 15) is 4.79 Å². The van der Waals surface area contributed by atoms with Crippen molar-refractivity contribution in [1.29, 1.82) is 0 Å². The van der Waals surface area contributed by atoms with Gasteiger partial charge in [0, 0.05) is 25.0 Å². The summed E-state index contributed by atoms with van der Waals surface area (Å²) in [5.41, 5.74) is 0.930. The number of benzene rings is 1. The molecule has 0 aliphatic carbocycles. The lowest BCUT2D eigenvalue weighted by Gasteiger charge is -2.29. The molecule has 0 aliphatic rings. The fraction of sp³-hybridized carbons (Fsp3) is 0.444. The van der Waals surface area contributed by atoms with E-state index in [1.165, 1.54) is 0 Å². The number of aromatic nitrogens is 2. The summed E-state index contributed by atoms with van der Waals surface area (Å²) in [6.45, 7) is 4.95. The van der Waals surface area contributed by atoms with Crippen molar-refractivity contribution in [1.82, 2.24) is 20.0 Å². The van der Waals surface area contributed by atoms with Crippen molar-refractivity contribution in [2.24, 2.45) is 5.92 Å². The zero-order valence-corrected chi connectivity index (χ0v) is 14.3. The van der Waals surface area contributed by atoms with Crippen molar-refractivity contribution in [3.63, 3.8) is 0 Å². The number of likely N-dealkylation sites (N-methyl/N-ethyl adjacent to an activating group) is 1. The van der Waals surface area contributed by atoms with Crippen LogP contribution < -0.4 is 5.32 Å². The molecule has 1 N–H and O–H groups in total. The maximum Gasteiger partial charge on any atom is 0.249 e. The summed E-state index contributed by atoms with van der Waals surface area (Å²) in [5, 5.41) is 7.35. The van der Waals surface area contributed by atoms with Crippen LogP contribution in [0.25, 0.3) is 0 Å². The second-order valence-corrected chi connectivity index (χ2v) is 6.32. The molecule has 0 spiro atoms. The van der Waals surface area contributed by atoms with Gasteiger partial charge in [-0.3, -0.25) is 9.48 Å². The number of carbonyl (C=O) groups is 1. The molecule has 5 nitrogen and oxygen atoms in total. The first-order chi connectivity index (χ1) is 11.0. The molecule has 2 rings (SSSR count). The van der Waals surface area contributed by atoms with E-state index in [0.29, 0.717) is 18.5 Å². The summed E-state index contributed by atoms with van der Waals surface area (Å²) in [6.07, 6.45) is 3.52. The quantitative estimate of drug-likeness (QED) is 0.852. The predicted octanol–water partition coefficient (Wildman–Crippen LogP) is 2.17. The van der Waals surface area contributed by atoms with Gasteiger partial charge in [0.1, 0.15) is 0 Å². The van der Waals surface area contributed by atoms with Gasteiger partial charge in [-0.05, 0) is 31.6 Å². The highest BCUT2D eigenvalue weighted by atomic mass is 16.2. The molecule has 0 unspecified atom stereocenters. The van der Waals surface area contributed by atoms with Crippen LogP contribution in [0.1, 0.15) is 25.5 Å². The van der Waals surface area contributed by atoms with E-state index in [0.717, 1.165) is 5.56 Å². The molecule has 0 fully saturated rings. The minimum atomic E-state index is -0.443. The third-order valence-corrected chi connectivity index (χ3v) is 4.07. The van der Waals surface area contributed by atoms with Gasteiger partial charge in [-0.25, -0.2) is 0 Å². The van der Waals surface area contributed by atoms with Gasteiger partial charge < -0.3 is 10.2 Å². The summed E-state index contributed by atoms with van der Waals surface area (Å²) < 4.78 is 1.70. The highest BCUT2D eigenvalue weighted by Crippen LogP contribution is 2.17. The second-order valence-electron chi connectivity index (χ2n) is 6.32. The van der Waals surface area contributed by atoms with E-state index in [-0.39, 0.29) is 5.91 Å². The number of nitrogens with zero attached hydrogens (tertiary/aromatic N) is 3. The lowest BCUT2D eigenvalue weighted by molar-refractivity contribution is -0.123. The molecule has 23 heavy (non-hydrogen) atoms. The topological polar surface area (TPSA) is 50.2 Å². The number of nitrogens with one attached hydrogen (secondary N) is 1. The van der Waals surface area contributed by atoms with Crippen molar-refractivity contribution >= 4 is 5.91 Å². The van der Waals surface area contributed by atoms with Crippen LogP contribution >= 0.6 is 0 Å². The van der Waals surface area contributed by atoms with Gasteiger partial charge in [0.2, 0.25) is 5.91 Å². The maximum absolute atomic E-state index is 12.8. The fourth-order valence-electron chi connectivity index (χ4n) is 2.81.